The van der Waals surface area contributed by atoms with Crippen LogP contribution in [0.15, 0.2) is 8.95 Å². The van der Waals surface area contributed by atoms with Gasteiger partial charge in [-0.15, -0.1) is 0 Å². The Morgan fingerprint density at radius 3 is 1.73 bits per heavy atom. The minimum absolute atomic E-state index is 0.275. The zero-order chi connectivity index (χ0) is 11.4. The second-order valence-electron chi connectivity index (χ2n) is 3.48. The second kappa shape index (κ2) is 5.85. The number of hydrogen-bond acceptors (Lipinski definition) is 2. The van der Waals surface area contributed by atoms with Crippen molar-refractivity contribution in [3.63, 3.8) is 0 Å². The van der Waals surface area contributed by atoms with Crippen LogP contribution < -0.4 is 0 Å². The molecule has 0 radical (unpaired) electrons. The summed E-state index contributed by atoms with van der Waals surface area (Å²) < 4.78 is 1.44. The SMILES string of the molecule is CCCc1nc(CCC)c(Br)c(O)c1Br. The Labute approximate surface area is 107 Å². The first-order valence-electron chi connectivity index (χ1n) is 5.17. The van der Waals surface area contributed by atoms with Crippen molar-refractivity contribution in [3.05, 3.63) is 20.3 Å². The highest BCUT2D eigenvalue weighted by Gasteiger charge is 2.14. The van der Waals surface area contributed by atoms with Crippen molar-refractivity contribution >= 4 is 31.9 Å². The molecule has 1 aromatic rings. The number of aryl methyl sites for hydroxylation is 2. The fourth-order valence-electron chi connectivity index (χ4n) is 1.44. The smallest absolute Gasteiger partial charge is 0.147 e. The summed E-state index contributed by atoms with van der Waals surface area (Å²) in [7, 11) is 0. The zero-order valence-electron chi connectivity index (χ0n) is 8.98. The van der Waals surface area contributed by atoms with E-state index in [0.29, 0.717) is 0 Å². The van der Waals surface area contributed by atoms with Gasteiger partial charge in [0.15, 0.2) is 0 Å². The highest BCUT2D eigenvalue weighted by atomic mass is 79.9. The molecule has 0 aliphatic carbocycles. The van der Waals surface area contributed by atoms with Gasteiger partial charge in [0, 0.05) is 0 Å². The lowest BCUT2D eigenvalue weighted by Gasteiger charge is -2.10. The Bertz CT molecular complexity index is 323. The number of aromatic hydroxyl groups is 1. The Morgan fingerprint density at radius 1 is 1.00 bits per heavy atom. The molecule has 0 unspecified atom stereocenters. The van der Waals surface area contributed by atoms with E-state index in [1.807, 2.05) is 0 Å². The summed E-state index contributed by atoms with van der Waals surface area (Å²) >= 11 is 6.75. The Balaban J connectivity index is 3.19. The molecule has 0 aliphatic heterocycles. The number of aromatic nitrogens is 1. The summed E-state index contributed by atoms with van der Waals surface area (Å²) in [6.07, 6.45) is 3.83. The Hall–Kier alpha value is -0.0900. The van der Waals surface area contributed by atoms with Crippen LogP contribution in [0.5, 0.6) is 5.75 Å². The molecule has 0 spiro atoms. The predicted molar refractivity (Wildman–Crippen MR) is 69.3 cm³/mol. The van der Waals surface area contributed by atoms with Gasteiger partial charge < -0.3 is 5.11 Å². The van der Waals surface area contributed by atoms with Crippen molar-refractivity contribution in [1.29, 1.82) is 0 Å². The lowest BCUT2D eigenvalue weighted by atomic mass is 10.1. The van der Waals surface area contributed by atoms with Gasteiger partial charge in [-0.3, -0.25) is 4.98 Å². The molecule has 0 atom stereocenters. The lowest BCUT2D eigenvalue weighted by Crippen LogP contribution is -1.99. The summed E-state index contributed by atoms with van der Waals surface area (Å²) in [4.78, 5) is 4.56. The van der Waals surface area contributed by atoms with Crippen LogP contribution in [0.4, 0.5) is 0 Å². The van der Waals surface area contributed by atoms with Crippen molar-refractivity contribution in [2.45, 2.75) is 39.5 Å². The Kier molecular flexibility index (Phi) is 5.06. The third-order valence-corrected chi connectivity index (χ3v) is 3.83. The Morgan fingerprint density at radius 2 is 1.40 bits per heavy atom. The molecule has 4 heteroatoms. The predicted octanol–water partition coefficient (Wildman–Crippen LogP) is 4.22. The highest BCUT2D eigenvalue weighted by molar-refractivity contribution is 9.11. The van der Waals surface area contributed by atoms with Gasteiger partial charge in [-0.25, -0.2) is 0 Å². The summed E-state index contributed by atoms with van der Waals surface area (Å²) in [5.41, 5.74) is 1.89. The van der Waals surface area contributed by atoms with Crippen LogP contribution in [0.3, 0.4) is 0 Å². The van der Waals surface area contributed by atoms with Gasteiger partial charge in [-0.2, -0.15) is 0 Å². The fraction of sp³-hybridized carbons (Fsp3) is 0.545. The molecule has 1 aromatic heterocycles. The second-order valence-corrected chi connectivity index (χ2v) is 5.07. The maximum absolute atomic E-state index is 9.89. The topological polar surface area (TPSA) is 33.1 Å². The molecule has 0 aliphatic rings. The number of halogens is 2. The molecular weight excluding hydrogens is 322 g/mol. The van der Waals surface area contributed by atoms with Crippen molar-refractivity contribution in [1.82, 2.24) is 4.98 Å². The van der Waals surface area contributed by atoms with Gasteiger partial charge in [0.25, 0.3) is 0 Å². The van der Waals surface area contributed by atoms with Crippen LogP contribution in [0.1, 0.15) is 38.1 Å². The van der Waals surface area contributed by atoms with Crippen LogP contribution in [0, 0.1) is 0 Å². The molecule has 0 bridgehead atoms. The van der Waals surface area contributed by atoms with Gasteiger partial charge >= 0.3 is 0 Å². The zero-order valence-corrected chi connectivity index (χ0v) is 12.2. The average Bonchev–Trinajstić information content (AvgIpc) is 2.22. The fourth-order valence-corrected chi connectivity index (χ4v) is 2.67. The summed E-state index contributed by atoms with van der Waals surface area (Å²) in [5, 5.41) is 9.89. The average molecular weight is 337 g/mol. The van der Waals surface area contributed by atoms with E-state index < -0.39 is 0 Å². The number of rotatable bonds is 4. The molecule has 1 heterocycles. The van der Waals surface area contributed by atoms with Crippen LogP contribution in [-0.4, -0.2) is 10.1 Å². The van der Waals surface area contributed by atoms with Crippen molar-refractivity contribution in [2.75, 3.05) is 0 Å². The third kappa shape index (κ3) is 2.94. The van der Waals surface area contributed by atoms with E-state index in [4.69, 9.17) is 0 Å². The molecule has 0 saturated heterocycles. The molecule has 2 nitrogen and oxygen atoms in total. The first-order chi connectivity index (χ1) is 7.11. The first-order valence-corrected chi connectivity index (χ1v) is 6.76. The maximum Gasteiger partial charge on any atom is 0.147 e. The molecule has 0 saturated carbocycles. The standard InChI is InChI=1S/C11H15Br2NO/c1-3-5-7-9(12)11(15)10(13)8(14-7)6-4-2/h3-6H2,1-2H3,(H,14,15). The number of pyridine rings is 1. The van der Waals surface area contributed by atoms with Crippen molar-refractivity contribution in [2.24, 2.45) is 0 Å². The molecule has 1 rings (SSSR count). The molecule has 1 N–H and O–H groups in total. The molecule has 0 amide bonds. The quantitative estimate of drug-likeness (QED) is 0.893. The van der Waals surface area contributed by atoms with Gasteiger partial charge in [0.2, 0.25) is 0 Å². The van der Waals surface area contributed by atoms with E-state index in [9.17, 15) is 5.11 Å². The van der Waals surface area contributed by atoms with E-state index >= 15 is 0 Å². The van der Waals surface area contributed by atoms with Crippen LogP contribution >= 0.6 is 31.9 Å². The van der Waals surface area contributed by atoms with Crippen molar-refractivity contribution in [3.8, 4) is 5.75 Å². The minimum atomic E-state index is 0.275. The monoisotopic (exact) mass is 335 g/mol. The molecular formula is C11H15Br2NO. The van der Waals surface area contributed by atoms with E-state index in [2.05, 4.69) is 50.7 Å². The molecule has 84 valence electrons. The van der Waals surface area contributed by atoms with E-state index in [0.717, 1.165) is 46.0 Å². The summed E-state index contributed by atoms with van der Waals surface area (Å²) in [5.74, 6) is 0.275. The van der Waals surface area contributed by atoms with Crippen molar-refractivity contribution < 1.29 is 5.11 Å². The third-order valence-electron chi connectivity index (χ3n) is 2.17. The van der Waals surface area contributed by atoms with Gasteiger partial charge in [0.05, 0.1) is 20.3 Å². The number of hydrogen-bond donors (Lipinski definition) is 1. The normalized spacial score (nSPS) is 10.7. The lowest BCUT2D eigenvalue weighted by molar-refractivity contribution is 0.464. The summed E-state index contributed by atoms with van der Waals surface area (Å²) in [6, 6.07) is 0. The molecule has 0 fully saturated rings. The maximum atomic E-state index is 9.89. The number of nitrogens with zero attached hydrogens (tertiary/aromatic N) is 1. The minimum Gasteiger partial charge on any atom is -0.505 e. The van der Waals surface area contributed by atoms with Gasteiger partial charge in [0.1, 0.15) is 5.75 Å². The largest absolute Gasteiger partial charge is 0.505 e. The van der Waals surface area contributed by atoms with E-state index in [1.54, 1.807) is 0 Å². The highest BCUT2D eigenvalue weighted by Crippen LogP contribution is 2.36. The van der Waals surface area contributed by atoms with Crippen LogP contribution in [0.2, 0.25) is 0 Å². The molecule has 15 heavy (non-hydrogen) atoms. The van der Waals surface area contributed by atoms with Gasteiger partial charge in [-0.05, 0) is 44.7 Å². The summed E-state index contributed by atoms with van der Waals surface area (Å²) in [6.45, 7) is 4.21. The van der Waals surface area contributed by atoms with E-state index in [1.165, 1.54) is 0 Å². The first kappa shape index (κ1) is 13.0. The van der Waals surface area contributed by atoms with E-state index in [-0.39, 0.29) is 5.75 Å². The van der Waals surface area contributed by atoms with Crippen LogP contribution in [-0.2, 0) is 12.8 Å². The molecule has 0 aromatic carbocycles. The van der Waals surface area contributed by atoms with Crippen LogP contribution in [0.25, 0.3) is 0 Å². The van der Waals surface area contributed by atoms with Gasteiger partial charge in [-0.1, -0.05) is 26.7 Å².